The summed E-state index contributed by atoms with van der Waals surface area (Å²) in [5.41, 5.74) is 1.21. The molecule has 0 radical (unpaired) electrons. The van der Waals surface area contributed by atoms with Gasteiger partial charge in [0, 0.05) is 28.3 Å². The molecule has 0 aromatic heterocycles. The lowest BCUT2D eigenvalue weighted by atomic mass is 9.83. The first-order valence-corrected chi connectivity index (χ1v) is 8.80. The Labute approximate surface area is 169 Å². The molecule has 3 aromatic rings. The highest BCUT2D eigenvalue weighted by Gasteiger charge is 2.29. The van der Waals surface area contributed by atoms with E-state index >= 15 is 0 Å². The molecule has 4 rings (SSSR count). The number of hydrogen-bond donors (Lipinski definition) is 0. The second-order valence-corrected chi connectivity index (χ2v) is 6.60. The molecule has 0 aliphatic heterocycles. The number of fused-ring (bicyclic) bond motifs is 2. The van der Waals surface area contributed by atoms with Crippen LogP contribution in [0.5, 0.6) is 0 Å². The molecule has 1 aliphatic carbocycles. The van der Waals surface area contributed by atoms with Crippen LogP contribution in [0.4, 0.5) is 11.4 Å². The van der Waals surface area contributed by atoms with Crippen molar-refractivity contribution in [3.8, 4) is 0 Å². The quantitative estimate of drug-likeness (QED) is 0.283. The summed E-state index contributed by atoms with van der Waals surface area (Å²) in [5, 5.41) is 22.1. The number of rotatable bonds is 4. The summed E-state index contributed by atoms with van der Waals surface area (Å²) >= 11 is 0. The maximum absolute atomic E-state index is 12.8. The number of nitro groups is 2. The van der Waals surface area contributed by atoms with Gasteiger partial charge >= 0.3 is 0 Å². The third kappa shape index (κ3) is 3.16. The molecule has 0 heterocycles. The molecular formula is C22H12N2O6. The highest BCUT2D eigenvalue weighted by Crippen LogP contribution is 2.29. The lowest BCUT2D eigenvalue weighted by Crippen LogP contribution is -2.20. The number of non-ortho nitro benzene ring substituents is 1. The van der Waals surface area contributed by atoms with Crippen molar-refractivity contribution in [1.82, 2.24) is 0 Å². The summed E-state index contributed by atoms with van der Waals surface area (Å²) in [5.74, 6) is -0.501. The predicted molar refractivity (Wildman–Crippen MR) is 108 cm³/mol. The van der Waals surface area contributed by atoms with Crippen LogP contribution in [0.15, 0.2) is 60.7 Å². The fraction of sp³-hybridized carbons (Fsp3) is 0. The molecule has 0 amide bonds. The van der Waals surface area contributed by atoms with Crippen LogP contribution in [-0.2, 0) is 0 Å². The van der Waals surface area contributed by atoms with Gasteiger partial charge in [-0.2, -0.15) is 0 Å². The maximum Gasteiger partial charge on any atom is 0.283 e. The van der Waals surface area contributed by atoms with Gasteiger partial charge in [0.05, 0.1) is 21.5 Å². The largest absolute Gasteiger partial charge is 0.289 e. The van der Waals surface area contributed by atoms with E-state index in [9.17, 15) is 29.8 Å². The molecule has 0 bridgehead atoms. The Kier molecular flexibility index (Phi) is 4.51. The van der Waals surface area contributed by atoms with Gasteiger partial charge in [0.1, 0.15) is 0 Å². The van der Waals surface area contributed by atoms with Crippen molar-refractivity contribution in [2.75, 3.05) is 0 Å². The molecule has 3 aromatic carbocycles. The number of nitrogens with zero attached hydrogens (tertiary/aromatic N) is 2. The first kappa shape index (κ1) is 18.9. The monoisotopic (exact) mass is 400 g/mol. The van der Waals surface area contributed by atoms with E-state index in [4.69, 9.17) is 0 Å². The van der Waals surface area contributed by atoms with E-state index < -0.39 is 15.5 Å². The van der Waals surface area contributed by atoms with Crippen molar-refractivity contribution >= 4 is 35.1 Å². The summed E-state index contributed by atoms with van der Waals surface area (Å²) in [6.45, 7) is 0. The van der Waals surface area contributed by atoms with E-state index in [-0.39, 0.29) is 28.4 Å². The molecule has 0 saturated carbocycles. The van der Waals surface area contributed by atoms with Crippen LogP contribution in [0.1, 0.15) is 43.0 Å². The van der Waals surface area contributed by atoms with Gasteiger partial charge in [-0.25, -0.2) is 0 Å². The smallest absolute Gasteiger partial charge is 0.283 e. The second-order valence-electron chi connectivity index (χ2n) is 6.60. The lowest BCUT2D eigenvalue weighted by Gasteiger charge is -2.17. The van der Waals surface area contributed by atoms with Gasteiger partial charge < -0.3 is 0 Å². The third-order valence-electron chi connectivity index (χ3n) is 4.83. The standard InChI is InChI=1S/C22H12N2O6/c25-21-16-3-1-2-4-17(16)22(26)19-11-13(6-10-18(19)21)5-7-14-8-9-15(23(27)28)12-20(14)24(29)30/h1-12H/b7-5-. The van der Waals surface area contributed by atoms with Crippen LogP contribution in [0.2, 0.25) is 0 Å². The zero-order valence-corrected chi connectivity index (χ0v) is 15.3. The maximum atomic E-state index is 12.8. The third-order valence-corrected chi connectivity index (χ3v) is 4.83. The van der Waals surface area contributed by atoms with E-state index in [0.717, 1.165) is 6.07 Å². The van der Waals surface area contributed by atoms with Crippen molar-refractivity contribution in [2.45, 2.75) is 0 Å². The summed E-state index contributed by atoms with van der Waals surface area (Å²) in [7, 11) is 0. The van der Waals surface area contributed by atoms with Crippen LogP contribution >= 0.6 is 0 Å². The Balaban J connectivity index is 1.72. The lowest BCUT2D eigenvalue weighted by molar-refractivity contribution is -0.394. The average molecular weight is 400 g/mol. The fourth-order valence-corrected chi connectivity index (χ4v) is 3.35. The Bertz CT molecular complexity index is 1290. The Morgan fingerprint density at radius 2 is 1.30 bits per heavy atom. The van der Waals surface area contributed by atoms with E-state index in [1.54, 1.807) is 48.5 Å². The number of carbonyl (C=O) groups is 2. The van der Waals surface area contributed by atoms with Gasteiger partial charge in [-0.3, -0.25) is 29.8 Å². The van der Waals surface area contributed by atoms with Gasteiger partial charge in [0.15, 0.2) is 11.6 Å². The minimum Gasteiger partial charge on any atom is -0.289 e. The van der Waals surface area contributed by atoms with Crippen molar-refractivity contribution < 1.29 is 19.4 Å². The number of ketones is 2. The first-order valence-electron chi connectivity index (χ1n) is 8.80. The normalized spacial score (nSPS) is 12.5. The molecule has 146 valence electrons. The fourth-order valence-electron chi connectivity index (χ4n) is 3.35. The molecule has 0 fully saturated rings. The van der Waals surface area contributed by atoms with Gasteiger partial charge in [0.25, 0.3) is 11.4 Å². The molecule has 0 atom stereocenters. The van der Waals surface area contributed by atoms with Crippen molar-refractivity contribution in [2.24, 2.45) is 0 Å². The van der Waals surface area contributed by atoms with Gasteiger partial charge in [-0.1, -0.05) is 36.4 Å². The van der Waals surface area contributed by atoms with Crippen molar-refractivity contribution in [3.05, 3.63) is 114 Å². The molecule has 0 N–H and O–H groups in total. The van der Waals surface area contributed by atoms with Crippen LogP contribution in [0.3, 0.4) is 0 Å². The predicted octanol–water partition coefficient (Wildman–Crippen LogP) is 4.45. The van der Waals surface area contributed by atoms with E-state index in [1.807, 2.05) is 0 Å². The average Bonchev–Trinajstić information content (AvgIpc) is 2.75. The molecule has 0 spiro atoms. The van der Waals surface area contributed by atoms with E-state index in [2.05, 4.69) is 0 Å². The zero-order chi connectivity index (χ0) is 21.4. The SMILES string of the molecule is O=C1c2ccccc2C(=O)c2cc(/C=C\c3ccc([N+](=O)[O-])cc3[N+](=O)[O-])ccc21. The summed E-state index contributed by atoms with van der Waals surface area (Å²) in [6, 6.07) is 14.7. The van der Waals surface area contributed by atoms with Gasteiger partial charge in [0.2, 0.25) is 0 Å². The Morgan fingerprint density at radius 3 is 1.93 bits per heavy atom. The molecular weight excluding hydrogens is 388 g/mol. The first-order chi connectivity index (χ1) is 14.4. The number of carbonyl (C=O) groups excluding carboxylic acids is 2. The Morgan fingerprint density at radius 1 is 0.667 bits per heavy atom. The molecule has 0 saturated heterocycles. The van der Waals surface area contributed by atoms with E-state index in [0.29, 0.717) is 22.3 Å². The van der Waals surface area contributed by atoms with Crippen molar-refractivity contribution in [3.63, 3.8) is 0 Å². The summed E-state index contributed by atoms with van der Waals surface area (Å²) in [4.78, 5) is 46.2. The highest BCUT2D eigenvalue weighted by atomic mass is 16.6. The summed E-state index contributed by atoms with van der Waals surface area (Å²) in [6.07, 6.45) is 2.99. The zero-order valence-electron chi connectivity index (χ0n) is 15.3. The molecule has 1 aliphatic rings. The molecule has 0 unspecified atom stereocenters. The number of hydrogen-bond acceptors (Lipinski definition) is 6. The minimum absolute atomic E-state index is 0.177. The van der Waals surface area contributed by atoms with Crippen molar-refractivity contribution in [1.29, 1.82) is 0 Å². The van der Waals surface area contributed by atoms with Crippen LogP contribution in [0, 0.1) is 20.2 Å². The molecule has 30 heavy (non-hydrogen) atoms. The van der Waals surface area contributed by atoms with Gasteiger partial charge in [-0.15, -0.1) is 0 Å². The molecule has 8 nitrogen and oxygen atoms in total. The van der Waals surface area contributed by atoms with Crippen LogP contribution in [0.25, 0.3) is 12.2 Å². The number of nitro benzene ring substituents is 2. The van der Waals surface area contributed by atoms with Crippen LogP contribution < -0.4 is 0 Å². The van der Waals surface area contributed by atoms with Gasteiger partial charge in [-0.05, 0) is 29.8 Å². The Hall–Kier alpha value is -4.46. The number of benzene rings is 3. The summed E-state index contributed by atoms with van der Waals surface area (Å²) < 4.78 is 0. The molecule has 8 heteroatoms. The van der Waals surface area contributed by atoms with Crippen LogP contribution in [-0.4, -0.2) is 21.4 Å². The second kappa shape index (κ2) is 7.17. The van der Waals surface area contributed by atoms with E-state index in [1.165, 1.54) is 18.2 Å². The topological polar surface area (TPSA) is 120 Å². The minimum atomic E-state index is -0.704. The highest BCUT2D eigenvalue weighted by molar-refractivity contribution is 6.28.